The highest BCUT2D eigenvalue weighted by atomic mass is 16.5. The van der Waals surface area contributed by atoms with Crippen LogP contribution in [0, 0.1) is 6.92 Å². The zero-order chi connectivity index (χ0) is 16.9. The molecule has 0 amide bonds. The van der Waals surface area contributed by atoms with E-state index in [4.69, 9.17) is 9.51 Å². The maximum absolute atomic E-state index is 5.05. The van der Waals surface area contributed by atoms with Crippen LogP contribution < -0.4 is 4.90 Å². The van der Waals surface area contributed by atoms with Gasteiger partial charge in [-0.05, 0) is 19.3 Å². The molecule has 0 unspecified atom stereocenters. The smallest absolute Gasteiger partial charge is 0.245 e. The second-order valence-electron chi connectivity index (χ2n) is 6.06. The fourth-order valence-electron chi connectivity index (χ4n) is 3.00. The van der Waals surface area contributed by atoms with Crippen LogP contribution in [-0.4, -0.2) is 56.4 Å². The molecule has 1 saturated heterocycles. The summed E-state index contributed by atoms with van der Waals surface area (Å²) in [7, 11) is 0. The summed E-state index contributed by atoms with van der Waals surface area (Å²) in [4.78, 5) is 13.6. The van der Waals surface area contributed by atoms with E-state index in [1.807, 2.05) is 6.92 Å². The topological polar surface area (TPSA) is 84.1 Å². The van der Waals surface area contributed by atoms with Crippen LogP contribution in [-0.2, 0) is 19.4 Å². The third-order valence-corrected chi connectivity index (χ3v) is 4.30. The fourth-order valence-corrected chi connectivity index (χ4v) is 3.00. The Kier molecular flexibility index (Phi) is 5.34. The number of aryl methyl sites for hydroxylation is 3. The van der Waals surface area contributed by atoms with Crippen molar-refractivity contribution in [1.29, 1.82) is 0 Å². The van der Waals surface area contributed by atoms with Gasteiger partial charge in [-0.25, -0.2) is 4.98 Å². The first-order chi connectivity index (χ1) is 11.7. The first kappa shape index (κ1) is 16.8. The number of hydrogen-bond acceptors (Lipinski definition) is 8. The van der Waals surface area contributed by atoms with Crippen molar-refractivity contribution in [2.45, 2.75) is 46.6 Å². The number of hydrogen-bond donors (Lipinski definition) is 0. The van der Waals surface area contributed by atoms with E-state index in [9.17, 15) is 0 Å². The third-order valence-electron chi connectivity index (χ3n) is 4.30. The standard InChI is InChI=1S/C16H25N7O/c1-4-13-14(5-2)19-20-16(18-13)23-8-6-7-22(9-10-23)11-15-17-12(3)24-21-15/h4-11H2,1-3H3. The van der Waals surface area contributed by atoms with Crippen molar-refractivity contribution in [3.05, 3.63) is 23.1 Å². The van der Waals surface area contributed by atoms with Gasteiger partial charge in [0.2, 0.25) is 11.8 Å². The SMILES string of the molecule is CCc1nnc(N2CCCN(Cc3noc(C)n3)CC2)nc1CC. The minimum absolute atomic E-state index is 0.615. The molecule has 0 spiro atoms. The Hall–Kier alpha value is -2.09. The van der Waals surface area contributed by atoms with Gasteiger partial charge in [0, 0.05) is 33.1 Å². The summed E-state index contributed by atoms with van der Waals surface area (Å²) in [5, 5.41) is 12.7. The summed E-state index contributed by atoms with van der Waals surface area (Å²) in [6.07, 6.45) is 2.82. The van der Waals surface area contributed by atoms with Gasteiger partial charge >= 0.3 is 0 Å². The molecule has 1 aliphatic heterocycles. The minimum Gasteiger partial charge on any atom is -0.340 e. The molecule has 3 heterocycles. The van der Waals surface area contributed by atoms with Gasteiger partial charge in [0.1, 0.15) is 0 Å². The van der Waals surface area contributed by atoms with Crippen LogP contribution in [0.4, 0.5) is 5.95 Å². The Morgan fingerprint density at radius 3 is 2.50 bits per heavy atom. The van der Waals surface area contributed by atoms with Gasteiger partial charge in [0.05, 0.1) is 17.9 Å². The normalized spacial score (nSPS) is 16.4. The van der Waals surface area contributed by atoms with Gasteiger partial charge in [-0.3, -0.25) is 4.90 Å². The molecule has 0 atom stereocenters. The molecule has 1 fully saturated rings. The predicted octanol–water partition coefficient (Wildman–Crippen LogP) is 1.40. The van der Waals surface area contributed by atoms with Gasteiger partial charge < -0.3 is 9.42 Å². The molecule has 2 aromatic rings. The van der Waals surface area contributed by atoms with Crippen molar-refractivity contribution < 1.29 is 4.52 Å². The monoisotopic (exact) mass is 331 g/mol. The lowest BCUT2D eigenvalue weighted by atomic mass is 10.2. The van der Waals surface area contributed by atoms with Gasteiger partial charge in [0.15, 0.2) is 5.82 Å². The van der Waals surface area contributed by atoms with Crippen LogP contribution in [0.2, 0.25) is 0 Å². The van der Waals surface area contributed by atoms with E-state index in [1.54, 1.807) is 0 Å². The predicted molar refractivity (Wildman–Crippen MR) is 89.7 cm³/mol. The lowest BCUT2D eigenvalue weighted by Gasteiger charge is -2.21. The largest absolute Gasteiger partial charge is 0.340 e. The van der Waals surface area contributed by atoms with Crippen molar-refractivity contribution in [3.63, 3.8) is 0 Å². The van der Waals surface area contributed by atoms with E-state index >= 15 is 0 Å². The van der Waals surface area contributed by atoms with Crippen molar-refractivity contribution in [3.8, 4) is 0 Å². The van der Waals surface area contributed by atoms with Crippen LogP contribution in [0.3, 0.4) is 0 Å². The van der Waals surface area contributed by atoms with Crippen LogP contribution in [0.5, 0.6) is 0 Å². The average molecular weight is 331 g/mol. The molecular formula is C16H25N7O. The number of nitrogens with zero attached hydrogens (tertiary/aromatic N) is 7. The molecule has 0 N–H and O–H groups in total. The quantitative estimate of drug-likeness (QED) is 0.813. The molecule has 3 rings (SSSR count). The van der Waals surface area contributed by atoms with E-state index in [2.05, 4.69) is 44.0 Å². The van der Waals surface area contributed by atoms with Gasteiger partial charge in [-0.15, -0.1) is 5.10 Å². The van der Waals surface area contributed by atoms with E-state index < -0.39 is 0 Å². The second kappa shape index (κ2) is 7.65. The zero-order valence-electron chi connectivity index (χ0n) is 14.7. The molecule has 24 heavy (non-hydrogen) atoms. The number of aromatic nitrogens is 5. The zero-order valence-corrected chi connectivity index (χ0v) is 14.7. The van der Waals surface area contributed by atoms with Crippen molar-refractivity contribution in [2.75, 3.05) is 31.1 Å². The van der Waals surface area contributed by atoms with Crippen LogP contribution in [0.1, 0.15) is 43.4 Å². The van der Waals surface area contributed by atoms with Crippen LogP contribution in [0.15, 0.2) is 4.52 Å². The van der Waals surface area contributed by atoms with Crippen LogP contribution in [0.25, 0.3) is 0 Å². The minimum atomic E-state index is 0.615. The maximum Gasteiger partial charge on any atom is 0.245 e. The van der Waals surface area contributed by atoms with Gasteiger partial charge in [-0.1, -0.05) is 19.0 Å². The summed E-state index contributed by atoms with van der Waals surface area (Å²) in [5.74, 6) is 2.12. The summed E-state index contributed by atoms with van der Waals surface area (Å²) < 4.78 is 5.05. The highest BCUT2D eigenvalue weighted by Gasteiger charge is 2.19. The van der Waals surface area contributed by atoms with Gasteiger partial charge in [0.25, 0.3) is 0 Å². The molecule has 8 nitrogen and oxygen atoms in total. The van der Waals surface area contributed by atoms with E-state index in [0.29, 0.717) is 5.89 Å². The van der Waals surface area contributed by atoms with Crippen molar-refractivity contribution in [1.82, 2.24) is 30.2 Å². The van der Waals surface area contributed by atoms with E-state index in [0.717, 1.165) is 75.1 Å². The molecule has 0 aromatic carbocycles. The molecule has 130 valence electrons. The van der Waals surface area contributed by atoms with Gasteiger partial charge in [-0.2, -0.15) is 10.1 Å². The average Bonchev–Trinajstić information content (AvgIpc) is 2.87. The molecular weight excluding hydrogens is 306 g/mol. The molecule has 0 saturated carbocycles. The maximum atomic E-state index is 5.05. The summed E-state index contributed by atoms with van der Waals surface area (Å²) in [6, 6.07) is 0. The Bertz CT molecular complexity index is 672. The number of anilines is 1. The molecule has 0 bridgehead atoms. The first-order valence-electron chi connectivity index (χ1n) is 8.68. The third kappa shape index (κ3) is 3.87. The van der Waals surface area contributed by atoms with Crippen LogP contribution >= 0.6 is 0 Å². The highest BCUT2D eigenvalue weighted by Crippen LogP contribution is 2.14. The van der Waals surface area contributed by atoms with Crippen molar-refractivity contribution in [2.24, 2.45) is 0 Å². The van der Waals surface area contributed by atoms with E-state index in [-0.39, 0.29) is 0 Å². The fraction of sp³-hybridized carbons (Fsp3) is 0.688. The Labute approximate surface area is 142 Å². The molecule has 1 aliphatic rings. The van der Waals surface area contributed by atoms with Crippen molar-refractivity contribution >= 4 is 5.95 Å². The van der Waals surface area contributed by atoms with E-state index in [1.165, 1.54) is 0 Å². The second-order valence-corrected chi connectivity index (χ2v) is 6.06. The first-order valence-corrected chi connectivity index (χ1v) is 8.68. The Morgan fingerprint density at radius 1 is 0.958 bits per heavy atom. The molecule has 8 heteroatoms. The highest BCUT2D eigenvalue weighted by molar-refractivity contribution is 5.30. The summed E-state index contributed by atoms with van der Waals surface area (Å²) >= 11 is 0. The molecule has 2 aromatic heterocycles. The summed E-state index contributed by atoms with van der Waals surface area (Å²) in [6.45, 7) is 10.5. The number of rotatable bonds is 5. The lowest BCUT2D eigenvalue weighted by molar-refractivity contribution is 0.272. The summed E-state index contributed by atoms with van der Waals surface area (Å²) in [5.41, 5.74) is 2.07. The Morgan fingerprint density at radius 2 is 1.79 bits per heavy atom. The molecule has 0 radical (unpaired) electrons. The molecule has 0 aliphatic carbocycles. The Balaban J connectivity index is 1.64. The lowest BCUT2D eigenvalue weighted by Crippen LogP contribution is -2.32.